The van der Waals surface area contributed by atoms with Gasteiger partial charge in [0.2, 0.25) is 0 Å². The van der Waals surface area contributed by atoms with E-state index in [1.165, 1.54) is 28.8 Å². The molecule has 0 radical (unpaired) electrons. The SMILES string of the molecule is C=CCN1C(=O)COc2ccc(C(=O)Cn3cccc(OC)c3=O)cc21. The smallest absolute Gasteiger partial charge is 0.293 e. The highest BCUT2D eigenvalue weighted by Gasteiger charge is 2.25. The molecular formula is C19H18N2O5. The van der Waals surface area contributed by atoms with Gasteiger partial charge in [0.15, 0.2) is 18.1 Å². The number of benzene rings is 1. The fraction of sp³-hybridized carbons (Fsp3) is 0.211. The van der Waals surface area contributed by atoms with E-state index in [4.69, 9.17) is 9.47 Å². The number of aromatic nitrogens is 1. The van der Waals surface area contributed by atoms with E-state index in [9.17, 15) is 14.4 Å². The number of rotatable bonds is 6. The van der Waals surface area contributed by atoms with E-state index in [1.54, 1.807) is 30.3 Å². The molecule has 1 aliphatic heterocycles. The molecule has 0 spiro atoms. The van der Waals surface area contributed by atoms with Crippen molar-refractivity contribution in [2.45, 2.75) is 6.54 Å². The van der Waals surface area contributed by atoms with Crippen LogP contribution >= 0.6 is 0 Å². The molecule has 26 heavy (non-hydrogen) atoms. The molecule has 0 saturated heterocycles. The summed E-state index contributed by atoms with van der Waals surface area (Å²) in [5.74, 6) is 0.231. The maximum atomic E-state index is 12.6. The fourth-order valence-corrected chi connectivity index (χ4v) is 2.75. The zero-order valence-corrected chi connectivity index (χ0v) is 14.3. The lowest BCUT2D eigenvalue weighted by Crippen LogP contribution is -2.39. The van der Waals surface area contributed by atoms with Gasteiger partial charge in [0.05, 0.1) is 19.3 Å². The third-order valence-corrected chi connectivity index (χ3v) is 4.05. The number of carbonyl (C=O) groups is 2. The quantitative estimate of drug-likeness (QED) is 0.582. The number of pyridine rings is 1. The Morgan fingerprint density at radius 2 is 2.15 bits per heavy atom. The van der Waals surface area contributed by atoms with Gasteiger partial charge in [-0.2, -0.15) is 0 Å². The van der Waals surface area contributed by atoms with Gasteiger partial charge >= 0.3 is 0 Å². The number of amides is 1. The predicted octanol–water partition coefficient (Wildman–Crippen LogP) is 1.65. The van der Waals surface area contributed by atoms with Crippen molar-refractivity contribution in [3.63, 3.8) is 0 Å². The lowest BCUT2D eigenvalue weighted by Gasteiger charge is -2.28. The van der Waals surface area contributed by atoms with Crippen LogP contribution < -0.4 is 19.9 Å². The summed E-state index contributed by atoms with van der Waals surface area (Å²) in [4.78, 5) is 38.4. The van der Waals surface area contributed by atoms with Gasteiger partial charge in [-0.25, -0.2) is 0 Å². The van der Waals surface area contributed by atoms with Crippen LogP contribution in [0, 0.1) is 0 Å². The Morgan fingerprint density at radius 1 is 1.35 bits per heavy atom. The minimum Gasteiger partial charge on any atom is -0.491 e. The Morgan fingerprint density at radius 3 is 2.88 bits per heavy atom. The van der Waals surface area contributed by atoms with E-state index in [2.05, 4.69) is 6.58 Å². The van der Waals surface area contributed by atoms with Gasteiger partial charge in [0.1, 0.15) is 5.75 Å². The molecule has 134 valence electrons. The van der Waals surface area contributed by atoms with E-state index in [1.807, 2.05) is 0 Å². The van der Waals surface area contributed by atoms with Crippen LogP contribution in [0.15, 0.2) is 54.0 Å². The Hall–Kier alpha value is -3.35. The van der Waals surface area contributed by atoms with Crippen LogP contribution in [0.5, 0.6) is 11.5 Å². The second kappa shape index (κ2) is 7.26. The van der Waals surface area contributed by atoms with E-state index in [-0.39, 0.29) is 36.2 Å². The minimum atomic E-state index is -0.381. The lowest BCUT2D eigenvalue weighted by molar-refractivity contribution is -0.121. The topological polar surface area (TPSA) is 77.8 Å². The number of Topliss-reactive ketones (excluding diaryl/α,β-unsaturated/α-hetero) is 1. The van der Waals surface area contributed by atoms with Crippen molar-refractivity contribution >= 4 is 17.4 Å². The molecule has 2 heterocycles. The molecule has 1 amide bonds. The number of fused-ring (bicyclic) bond motifs is 1. The van der Waals surface area contributed by atoms with Crippen molar-refractivity contribution in [3.8, 4) is 11.5 Å². The Labute approximate surface area is 150 Å². The van der Waals surface area contributed by atoms with Crippen LogP contribution in [0.2, 0.25) is 0 Å². The fourth-order valence-electron chi connectivity index (χ4n) is 2.75. The van der Waals surface area contributed by atoms with Crippen molar-refractivity contribution in [1.29, 1.82) is 0 Å². The van der Waals surface area contributed by atoms with Gasteiger partial charge in [0, 0.05) is 18.3 Å². The molecule has 0 saturated carbocycles. The number of anilines is 1. The van der Waals surface area contributed by atoms with Crippen LogP contribution in [0.1, 0.15) is 10.4 Å². The van der Waals surface area contributed by atoms with Gasteiger partial charge in [-0.1, -0.05) is 6.08 Å². The third kappa shape index (κ3) is 3.23. The number of methoxy groups -OCH3 is 1. The molecule has 2 aromatic rings. The third-order valence-electron chi connectivity index (χ3n) is 4.05. The zero-order chi connectivity index (χ0) is 18.7. The monoisotopic (exact) mass is 354 g/mol. The second-order valence-electron chi connectivity index (χ2n) is 5.70. The average molecular weight is 354 g/mol. The number of nitrogens with zero attached hydrogens (tertiary/aromatic N) is 2. The molecule has 0 N–H and O–H groups in total. The van der Waals surface area contributed by atoms with Gasteiger partial charge in [-0.05, 0) is 30.3 Å². The molecule has 0 atom stereocenters. The molecule has 0 bridgehead atoms. The average Bonchev–Trinajstić information content (AvgIpc) is 2.65. The van der Waals surface area contributed by atoms with Crippen LogP contribution in [0.25, 0.3) is 0 Å². The summed E-state index contributed by atoms with van der Waals surface area (Å²) in [6.45, 7) is 3.79. The molecular weight excluding hydrogens is 336 g/mol. The number of ether oxygens (including phenoxy) is 2. The first-order valence-electron chi connectivity index (χ1n) is 8.00. The summed E-state index contributed by atoms with van der Waals surface area (Å²) < 4.78 is 11.7. The molecule has 7 nitrogen and oxygen atoms in total. The molecule has 1 aromatic carbocycles. The second-order valence-corrected chi connectivity index (χ2v) is 5.70. The minimum absolute atomic E-state index is 0.0483. The van der Waals surface area contributed by atoms with Crippen molar-refractivity contribution in [1.82, 2.24) is 4.57 Å². The maximum absolute atomic E-state index is 12.6. The molecule has 0 aliphatic carbocycles. The van der Waals surface area contributed by atoms with Crippen molar-refractivity contribution in [3.05, 3.63) is 65.1 Å². The molecule has 3 rings (SSSR count). The lowest BCUT2D eigenvalue weighted by atomic mass is 10.1. The number of carbonyl (C=O) groups excluding carboxylic acids is 2. The highest BCUT2D eigenvalue weighted by molar-refractivity contribution is 6.02. The summed E-state index contributed by atoms with van der Waals surface area (Å²) in [7, 11) is 1.40. The summed E-state index contributed by atoms with van der Waals surface area (Å²) in [6.07, 6.45) is 3.13. The summed E-state index contributed by atoms with van der Waals surface area (Å²) in [5, 5.41) is 0. The number of ketones is 1. The normalized spacial score (nSPS) is 13.0. The van der Waals surface area contributed by atoms with E-state index >= 15 is 0 Å². The highest BCUT2D eigenvalue weighted by Crippen LogP contribution is 2.33. The van der Waals surface area contributed by atoms with Crippen LogP contribution in [-0.2, 0) is 11.3 Å². The molecule has 0 unspecified atom stereocenters. The molecule has 0 fully saturated rings. The Bertz CT molecular complexity index is 932. The standard InChI is InChI=1S/C19H18N2O5/c1-3-8-21-14-10-13(6-7-16(14)26-12-18(21)23)15(22)11-20-9-4-5-17(25-2)19(20)24/h3-7,9-10H,1,8,11-12H2,2H3. The number of hydrogen-bond donors (Lipinski definition) is 0. The van der Waals surface area contributed by atoms with Crippen molar-refractivity contribution in [2.24, 2.45) is 0 Å². The summed E-state index contributed by atoms with van der Waals surface area (Å²) in [6, 6.07) is 8.05. The van der Waals surface area contributed by atoms with Gasteiger partial charge in [0.25, 0.3) is 11.5 Å². The zero-order valence-electron chi connectivity index (χ0n) is 14.3. The van der Waals surface area contributed by atoms with E-state index < -0.39 is 0 Å². The van der Waals surface area contributed by atoms with E-state index in [0.717, 1.165) is 0 Å². The van der Waals surface area contributed by atoms with Crippen molar-refractivity contribution in [2.75, 3.05) is 25.2 Å². The predicted molar refractivity (Wildman–Crippen MR) is 96.1 cm³/mol. The summed E-state index contributed by atoms with van der Waals surface area (Å²) in [5.41, 5.74) is 0.518. The largest absolute Gasteiger partial charge is 0.491 e. The van der Waals surface area contributed by atoms with Gasteiger partial charge < -0.3 is 18.9 Å². The van der Waals surface area contributed by atoms with Crippen LogP contribution in [0.4, 0.5) is 5.69 Å². The van der Waals surface area contributed by atoms with Crippen LogP contribution in [-0.4, -0.2) is 36.5 Å². The van der Waals surface area contributed by atoms with Gasteiger partial charge in [-0.15, -0.1) is 6.58 Å². The first-order chi connectivity index (χ1) is 12.5. The first kappa shape index (κ1) is 17.5. The first-order valence-corrected chi connectivity index (χ1v) is 8.00. The van der Waals surface area contributed by atoms with Crippen molar-refractivity contribution < 1.29 is 19.1 Å². The molecule has 1 aromatic heterocycles. The maximum Gasteiger partial charge on any atom is 0.293 e. The van der Waals surface area contributed by atoms with Crippen LogP contribution in [0.3, 0.4) is 0 Å². The Balaban J connectivity index is 1.91. The highest BCUT2D eigenvalue weighted by atomic mass is 16.5. The van der Waals surface area contributed by atoms with Gasteiger partial charge in [-0.3, -0.25) is 14.4 Å². The molecule has 1 aliphatic rings. The molecule has 7 heteroatoms. The summed E-state index contributed by atoms with van der Waals surface area (Å²) >= 11 is 0. The number of hydrogen-bond acceptors (Lipinski definition) is 5. The van der Waals surface area contributed by atoms with E-state index in [0.29, 0.717) is 23.5 Å². The Kier molecular flexibility index (Phi) is 4.88.